The summed E-state index contributed by atoms with van der Waals surface area (Å²) < 4.78 is 71.1. The minimum Gasteiger partial charge on any atom is -0.461 e. The number of hydrogen-bond donors (Lipinski definition) is 0. The lowest BCUT2D eigenvalue weighted by Crippen LogP contribution is -2.11. The zero-order valence-electron chi connectivity index (χ0n) is 31.4. The van der Waals surface area contributed by atoms with Crippen LogP contribution in [0.25, 0.3) is 11.1 Å². The van der Waals surface area contributed by atoms with Gasteiger partial charge in [0.2, 0.25) is 6.79 Å². The first kappa shape index (κ1) is 42.2. The van der Waals surface area contributed by atoms with Crippen molar-refractivity contribution in [1.82, 2.24) is 0 Å². The molecule has 0 saturated heterocycles. The minimum absolute atomic E-state index is 0.0708. The number of ether oxygens (including phenoxy) is 6. The molecular formula is C42H52ClF3O7. The van der Waals surface area contributed by atoms with Crippen LogP contribution in [0.15, 0.2) is 71.8 Å². The lowest BCUT2D eigenvalue weighted by Gasteiger charge is -2.12. The minimum atomic E-state index is -4.61. The topological polar surface area (TPSA) is 72.5 Å². The number of esters is 1. The molecule has 3 aromatic rings. The Balaban J connectivity index is 0.000000241. The van der Waals surface area contributed by atoms with Crippen molar-refractivity contribution >= 4 is 17.6 Å². The zero-order chi connectivity index (χ0) is 38.4. The van der Waals surface area contributed by atoms with Crippen molar-refractivity contribution in [2.45, 2.75) is 79.7 Å². The molecule has 0 bridgehead atoms. The van der Waals surface area contributed by atoms with Gasteiger partial charge in [-0.25, -0.2) is 0 Å². The highest BCUT2D eigenvalue weighted by atomic mass is 35.5. The maximum atomic E-state index is 12.7. The number of fused-ring (bicyclic) bond motifs is 1. The first-order valence-corrected chi connectivity index (χ1v) is 18.7. The molecule has 0 N–H and O–H groups in total. The van der Waals surface area contributed by atoms with E-state index in [-0.39, 0.29) is 6.61 Å². The van der Waals surface area contributed by atoms with E-state index in [1.54, 1.807) is 13.8 Å². The van der Waals surface area contributed by atoms with Crippen LogP contribution < -0.4 is 9.47 Å². The molecule has 1 aliphatic heterocycles. The smallest absolute Gasteiger partial charge is 0.426 e. The highest BCUT2D eigenvalue weighted by molar-refractivity contribution is 6.30. The van der Waals surface area contributed by atoms with Crippen molar-refractivity contribution in [2.75, 3.05) is 39.8 Å². The molecule has 1 saturated carbocycles. The standard InChI is InChI=1S/C23H22ClF3O2.C19H30O5/c1-14-16(10-7-11-17(14)15-8-5-4-6-9-15)13-29-21(28)20-18(22(20,2)3)12-19(24)23(25,26)27;1-3-5-7-20-8-9-21-10-11-22-14-17-13-19-18(23-15-24-19)12-16(17)6-4-2/h4-12,18,20H,13H2,1-3H3;12-13H,3-11,14-15H2,1-2H3/b19-12-;. The van der Waals surface area contributed by atoms with E-state index in [2.05, 4.69) is 19.9 Å². The number of hydrogen-bond acceptors (Lipinski definition) is 7. The third-order valence-electron chi connectivity index (χ3n) is 9.52. The monoisotopic (exact) mass is 760 g/mol. The fourth-order valence-corrected chi connectivity index (χ4v) is 6.37. The molecule has 0 aromatic heterocycles. The van der Waals surface area contributed by atoms with Gasteiger partial charge in [0.15, 0.2) is 11.5 Å². The molecule has 2 aliphatic rings. The predicted octanol–water partition coefficient (Wildman–Crippen LogP) is 10.4. The number of allylic oxidation sites excluding steroid dienone is 2. The summed E-state index contributed by atoms with van der Waals surface area (Å²) in [5.41, 5.74) is 5.79. The maximum Gasteiger partial charge on any atom is 0.426 e. The van der Waals surface area contributed by atoms with E-state index >= 15 is 0 Å². The van der Waals surface area contributed by atoms with E-state index in [1.807, 2.05) is 61.5 Å². The van der Waals surface area contributed by atoms with Gasteiger partial charge in [-0.05, 0) is 76.6 Å². The lowest BCUT2D eigenvalue weighted by molar-refractivity contribution is -0.147. The largest absolute Gasteiger partial charge is 0.461 e. The van der Waals surface area contributed by atoms with Crippen molar-refractivity contribution in [1.29, 1.82) is 0 Å². The summed E-state index contributed by atoms with van der Waals surface area (Å²) in [6.45, 7) is 14.0. The third kappa shape index (κ3) is 12.2. The normalized spacial score (nSPS) is 17.3. The van der Waals surface area contributed by atoms with Crippen LogP contribution in [0.4, 0.5) is 13.2 Å². The average molecular weight is 761 g/mol. The van der Waals surface area contributed by atoms with Crippen LogP contribution in [-0.2, 0) is 43.4 Å². The van der Waals surface area contributed by atoms with Gasteiger partial charge in [-0.3, -0.25) is 4.79 Å². The molecule has 290 valence electrons. The highest BCUT2D eigenvalue weighted by Gasteiger charge is 2.62. The van der Waals surface area contributed by atoms with E-state index in [1.165, 1.54) is 11.1 Å². The number of carbonyl (C=O) groups is 1. The summed E-state index contributed by atoms with van der Waals surface area (Å²) in [5.74, 6) is -0.0907. The van der Waals surface area contributed by atoms with E-state index < -0.39 is 34.4 Å². The summed E-state index contributed by atoms with van der Waals surface area (Å²) in [7, 11) is 0. The van der Waals surface area contributed by atoms with Gasteiger partial charge in [0.05, 0.1) is 39.0 Å². The number of aryl methyl sites for hydroxylation is 1. The Morgan fingerprint density at radius 3 is 2.13 bits per heavy atom. The Kier molecular flexibility index (Phi) is 16.1. The van der Waals surface area contributed by atoms with Crippen LogP contribution in [0, 0.1) is 24.2 Å². The van der Waals surface area contributed by atoms with Crippen LogP contribution >= 0.6 is 11.6 Å². The summed E-state index contributed by atoms with van der Waals surface area (Å²) in [4.78, 5) is 12.5. The molecule has 53 heavy (non-hydrogen) atoms. The third-order valence-corrected chi connectivity index (χ3v) is 9.86. The quantitative estimate of drug-likeness (QED) is 0.0944. The van der Waals surface area contributed by atoms with Gasteiger partial charge in [-0.15, -0.1) is 0 Å². The predicted molar refractivity (Wildman–Crippen MR) is 200 cm³/mol. The second kappa shape index (κ2) is 20.2. The second-order valence-electron chi connectivity index (χ2n) is 13.8. The Morgan fingerprint density at radius 2 is 1.49 bits per heavy atom. The van der Waals surface area contributed by atoms with Gasteiger partial charge in [0.1, 0.15) is 11.6 Å². The van der Waals surface area contributed by atoms with E-state index in [0.29, 0.717) is 39.8 Å². The van der Waals surface area contributed by atoms with Gasteiger partial charge >= 0.3 is 12.1 Å². The Labute approximate surface area is 316 Å². The number of carbonyl (C=O) groups excluding carboxylic acids is 1. The maximum absolute atomic E-state index is 12.7. The fraction of sp³-hybridized carbons (Fsp3) is 0.500. The number of benzene rings is 3. The SMILES string of the molecule is CCCCOCCOCCOCc1cc2c(cc1CCC)OCO2.Cc1c(COC(=O)C2C(/C=C(\Cl)C(F)(F)F)C2(C)C)cccc1-c1ccccc1. The summed E-state index contributed by atoms with van der Waals surface area (Å²) >= 11 is 5.34. The van der Waals surface area contributed by atoms with Gasteiger partial charge in [0, 0.05) is 6.61 Å². The molecule has 11 heteroatoms. The van der Waals surface area contributed by atoms with E-state index in [9.17, 15) is 18.0 Å². The summed E-state index contributed by atoms with van der Waals surface area (Å²) in [5, 5.41) is -1.20. The fourth-order valence-electron chi connectivity index (χ4n) is 6.23. The molecule has 5 rings (SSSR count). The molecular weight excluding hydrogens is 709 g/mol. The van der Waals surface area contributed by atoms with Crippen LogP contribution in [0.1, 0.15) is 69.2 Å². The van der Waals surface area contributed by atoms with Crippen LogP contribution in [0.3, 0.4) is 0 Å². The molecule has 1 heterocycles. The van der Waals surface area contributed by atoms with Gasteiger partial charge in [-0.2, -0.15) is 13.2 Å². The number of alkyl halides is 3. The summed E-state index contributed by atoms with van der Waals surface area (Å²) in [6.07, 6.45) is 0.695. The lowest BCUT2D eigenvalue weighted by atomic mass is 9.97. The van der Waals surface area contributed by atoms with E-state index in [4.69, 9.17) is 40.0 Å². The number of rotatable bonds is 18. The van der Waals surface area contributed by atoms with Crippen LogP contribution in [0.2, 0.25) is 0 Å². The Bertz CT molecular complexity index is 1640. The van der Waals surface area contributed by atoms with Crippen molar-refractivity contribution in [3.8, 4) is 22.6 Å². The highest BCUT2D eigenvalue weighted by Crippen LogP contribution is 2.60. The second-order valence-corrected chi connectivity index (χ2v) is 14.2. The van der Waals surface area contributed by atoms with Gasteiger partial charge < -0.3 is 28.4 Å². The molecule has 1 aliphatic carbocycles. The first-order chi connectivity index (χ1) is 25.4. The van der Waals surface area contributed by atoms with Crippen molar-refractivity contribution in [3.05, 3.63) is 94.0 Å². The van der Waals surface area contributed by atoms with E-state index in [0.717, 1.165) is 72.1 Å². The van der Waals surface area contributed by atoms with Gasteiger partial charge in [-0.1, -0.05) is 107 Å². The van der Waals surface area contributed by atoms with Crippen molar-refractivity contribution in [3.63, 3.8) is 0 Å². The molecule has 2 atom stereocenters. The van der Waals surface area contributed by atoms with Crippen LogP contribution in [0.5, 0.6) is 11.5 Å². The molecule has 3 aromatic carbocycles. The van der Waals surface area contributed by atoms with Crippen molar-refractivity contribution < 1.29 is 46.4 Å². The summed E-state index contributed by atoms with van der Waals surface area (Å²) in [6, 6.07) is 19.8. The molecule has 1 fully saturated rings. The number of unbranched alkanes of at least 4 members (excludes halogenated alkanes) is 1. The molecule has 0 amide bonds. The molecule has 7 nitrogen and oxygen atoms in total. The Morgan fingerprint density at radius 1 is 0.849 bits per heavy atom. The van der Waals surface area contributed by atoms with Crippen LogP contribution in [-0.4, -0.2) is 52.0 Å². The zero-order valence-corrected chi connectivity index (χ0v) is 32.1. The Hall–Kier alpha value is -3.57. The van der Waals surface area contributed by atoms with Gasteiger partial charge in [0.25, 0.3) is 0 Å². The molecule has 0 spiro atoms. The average Bonchev–Trinajstić information content (AvgIpc) is 3.40. The number of halogens is 4. The molecule has 2 unspecified atom stereocenters. The first-order valence-electron chi connectivity index (χ1n) is 18.3. The molecule has 0 radical (unpaired) electrons. The van der Waals surface area contributed by atoms with Crippen molar-refractivity contribution in [2.24, 2.45) is 17.3 Å².